The first-order valence-corrected chi connectivity index (χ1v) is 16.0. The Morgan fingerprint density at radius 1 is 0.886 bits per heavy atom. The first kappa shape index (κ1) is 31.3. The molecule has 0 radical (unpaired) electrons. The number of rotatable bonds is 15. The maximum Gasteiger partial charge on any atom is 0.335 e. The van der Waals surface area contributed by atoms with E-state index in [1.807, 2.05) is 66.1 Å². The molecule has 10 nitrogen and oxygen atoms in total. The number of carbonyl (C=O) groups is 1. The third-order valence-electron chi connectivity index (χ3n) is 8.34. The maximum absolute atomic E-state index is 13.9. The Bertz CT molecular complexity index is 1540. The Labute approximate surface area is 258 Å². The van der Waals surface area contributed by atoms with Gasteiger partial charge >= 0.3 is 11.7 Å². The zero-order chi connectivity index (χ0) is 30.7. The maximum atomic E-state index is 13.9. The number of hydrogen-bond acceptors (Lipinski definition) is 8. The SMILES string of the molecule is CCOC(=O)CCCCCCCCCN1CCC(n2c(=O)n(-c3ccc(Oc4ccccc4)cc3)c3c(N)ncnc32)CC1. The van der Waals surface area contributed by atoms with Crippen molar-refractivity contribution in [2.75, 3.05) is 32.0 Å². The van der Waals surface area contributed by atoms with Gasteiger partial charge in [-0.3, -0.25) is 13.9 Å². The minimum Gasteiger partial charge on any atom is -0.466 e. The number of para-hydroxylation sites is 1. The molecule has 0 spiro atoms. The highest BCUT2D eigenvalue weighted by molar-refractivity contribution is 5.84. The molecule has 2 aromatic carbocycles. The first-order valence-electron chi connectivity index (χ1n) is 16.0. The van der Waals surface area contributed by atoms with Gasteiger partial charge in [0.05, 0.1) is 12.3 Å². The molecule has 1 aliphatic heterocycles. The number of unbranched alkanes of at least 4 members (excludes halogenated alkanes) is 6. The van der Waals surface area contributed by atoms with Crippen LogP contribution in [0.3, 0.4) is 0 Å². The summed E-state index contributed by atoms with van der Waals surface area (Å²) in [5, 5.41) is 0. The van der Waals surface area contributed by atoms with Gasteiger partial charge in [0.25, 0.3) is 0 Å². The normalized spacial score (nSPS) is 14.2. The van der Waals surface area contributed by atoms with Crippen LogP contribution in [0, 0.1) is 0 Å². The average Bonchev–Trinajstić information content (AvgIpc) is 3.34. The lowest BCUT2D eigenvalue weighted by molar-refractivity contribution is -0.143. The standard InChI is InChI=1S/C34H44N6O4/c1-2-43-30(41)15-11-6-4-3-5-7-12-22-38-23-20-27(21-24-38)40-33-31(32(35)36-25-37-33)39(34(40)42)26-16-18-29(19-17-26)44-28-13-9-8-10-14-28/h8-10,13-14,16-19,25,27H,2-7,11-12,15,20-24H2,1H3,(H2,35,36,37). The number of aromatic nitrogens is 4. The molecule has 0 bridgehead atoms. The fraction of sp³-hybridized carbons (Fsp3) is 0.471. The Morgan fingerprint density at radius 3 is 2.25 bits per heavy atom. The zero-order valence-electron chi connectivity index (χ0n) is 25.7. The number of nitrogens with two attached hydrogens (primary N) is 1. The van der Waals surface area contributed by atoms with Crippen molar-refractivity contribution >= 4 is 23.0 Å². The second kappa shape index (κ2) is 15.5. The van der Waals surface area contributed by atoms with Gasteiger partial charge in [-0.05, 0) is 75.5 Å². The molecule has 0 atom stereocenters. The molecule has 1 saturated heterocycles. The van der Waals surface area contributed by atoms with Crippen LogP contribution in [0.1, 0.15) is 77.2 Å². The fourth-order valence-corrected chi connectivity index (χ4v) is 6.05. The Kier molecular flexibility index (Phi) is 11.0. The van der Waals surface area contributed by atoms with Crippen molar-refractivity contribution in [2.45, 2.75) is 77.2 Å². The molecule has 5 rings (SSSR count). The topological polar surface area (TPSA) is 118 Å². The van der Waals surface area contributed by atoms with Gasteiger partial charge in [0.2, 0.25) is 0 Å². The molecular weight excluding hydrogens is 556 g/mol. The van der Waals surface area contributed by atoms with Crippen LogP contribution in [0.25, 0.3) is 16.9 Å². The quantitative estimate of drug-likeness (QED) is 0.125. The molecule has 0 amide bonds. The summed E-state index contributed by atoms with van der Waals surface area (Å²) in [6.45, 7) is 5.29. The highest BCUT2D eigenvalue weighted by Crippen LogP contribution is 2.29. The number of esters is 1. The predicted molar refractivity (Wildman–Crippen MR) is 172 cm³/mol. The lowest BCUT2D eigenvalue weighted by atomic mass is 10.0. The Balaban J connectivity index is 1.14. The van der Waals surface area contributed by atoms with Crippen molar-refractivity contribution in [3.63, 3.8) is 0 Å². The molecule has 0 aliphatic carbocycles. The number of imidazole rings is 1. The molecule has 2 aromatic heterocycles. The predicted octanol–water partition coefficient (Wildman–Crippen LogP) is 6.28. The number of nitrogens with zero attached hydrogens (tertiary/aromatic N) is 5. The van der Waals surface area contributed by atoms with Gasteiger partial charge in [0, 0.05) is 25.6 Å². The van der Waals surface area contributed by atoms with Crippen molar-refractivity contribution in [3.05, 3.63) is 71.4 Å². The van der Waals surface area contributed by atoms with Crippen LogP contribution in [-0.2, 0) is 9.53 Å². The van der Waals surface area contributed by atoms with Gasteiger partial charge in [0.1, 0.15) is 23.3 Å². The summed E-state index contributed by atoms with van der Waals surface area (Å²) in [5.74, 6) is 1.63. The van der Waals surface area contributed by atoms with E-state index in [2.05, 4.69) is 14.9 Å². The second-order valence-electron chi connectivity index (χ2n) is 11.4. The summed E-state index contributed by atoms with van der Waals surface area (Å²) in [7, 11) is 0. The third kappa shape index (κ3) is 7.85. The fourth-order valence-electron chi connectivity index (χ4n) is 6.05. The lowest BCUT2D eigenvalue weighted by Crippen LogP contribution is -2.38. The van der Waals surface area contributed by atoms with Gasteiger partial charge in [-0.15, -0.1) is 0 Å². The van der Waals surface area contributed by atoms with Crippen molar-refractivity contribution < 1.29 is 14.3 Å². The summed E-state index contributed by atoms with van der Waals surface area (Å²) in [4.78, 5) is 36.6. The number of anilines is 1. The monoisotopic (exact) mass is 600 g/mol. The van der Waals surface area contributed by atoms with Gasteiger partial charge in [-0.25, -0.2) is 14.8 Å². The zero-order valence-corrected chi connectivity index (χ0v) is 25.7. The molecular formula is C34H44N6O4. The number of carbonyl (C=O) groups excluding carboxylic acids is 1. The van der Waals surface area contributed by atoms with E-state index in [1.54, 1.807) is 4.57 Å². The molecule has 1 aliphatic rings. The number of fused-ring (bicyclic) bond motifs is 1. The van der Waals surface area contributed by atoms with Crippen LogP contribution in [0.4, 0.5) is 5.82 Å². The van der Waals surface area contributed by atoms with E-state index in [0.29, 0.717) is 35.6 Å². The highest BCUT2D eigenvalue weighted by atomic mass is 16.5. The Morgan fingerprint density at radius 2 is 1.55 bits per heavy atom. The van der Waals surface area contributed by atoms with E-state index in [0.717, 1.165) is 51.1 Å². The first-order chi connectivity index (χ1) is 21.5. The summed E-state index contributed by atoms with van der Waals surface area (Å²) in [5.41, 5.74) is 7.98. The van der Waals surface area contributed by atoms with Gasteiger partial charge in [-0.1, -0.05) is 50.3 Å². The van der Waals surface area contributed by atoms with Crippen LogP contribution in [0.15, 0.2) is 65.7 Å². The highest BCUT2D eigenvalue weighted by Gasteiger charge is 2.27. The number of benzene rings is 2. The van der Waals surface area contributed by atoms with E-state index >= 15 is 0 Å². The molecule has 0 saturated carbocycles. The van der Waals surface area contributed by atoms with Crippen LogP contribution in [0.5, 0.6) is 11.5 Å². The average molecular weight is 601 g/mol. The molecule has 234 valence electrons. The third-order valence-corrected chi connectivity index (χ3v) is 8.34. The minimum atomic E-state index is -0.148. The van der Waals surface area contributed by atoms with E-state index < -0.39 is 0 Å². The van der Waals surface area contributed by atoms with Gasteiger partial charge in [-0.2, -0.15) is 0 Å². The number of piperidine rings is 1. The van der Waals surface area contributed by atoms with Crippen LogP contribution < -0.4 is 16.2 Å². The summed E-state index contributed by atoms with van der Waals surface area (Å²) in [6.07, 6.45) is 11.8. The molecule has 2 N–H and O–H groups in total. The summed E-state index contributed by atoms with van der Waals surface area (Å²) < 4.78 is 14.4. The molecule has 1 fully saturated rings. The van der Waals surface area contributed by atoms with Crippen LogP contribution >= 0.6 is 0 Å². The van der Waals surface area contributed by atoms with Crippen molar-refractivity contribution in [2.24, 2.45) is 0 Å². The number of likely N-dealkylation sites (tertiary alicyclic amines) is 1. The smallest absolute Gasteiger partial charge is 0.335 e. The van der Waals surface area contributed by atoms with Crippen LogP contribution in [0.2, 0.25) is 0 Å². The molecule has 44 heavy (non-hydrogen) atoms. The van der Waals surface area contributed by atoms with E-state index in [9.17, 15) is 9.59 Å². The molecule has 10 heteroatoms. The molecule has 4 aromatic rings. The summed E-state index contributed by atoms with van der Waals surface area (Å²) in [6, 6.07) is 17.1. The second-order valence-corrected chi connectivity index (χ2v) is 11.4. The van der Waals surface area contributed by atoms with Crippen molar-refractivity contribution in [3.8, 4) is 17.2 Å². The van der Waals surface area contributed by atoms with E-state index in [-0.39, 0.29) is 23.5 Å². The number of nitrogen functional groups attached to an aromatic ring is 1. The van der Waals surface area contributed by atoms with Crippen molar-refractivity contribution in [1.82, 2.24) is 24.0 Å². The van der Waals surface area contributed by atoms with Gasteiger partial charge < -0.3 is 20.1 Å². The number of hydrogen-bond donors (Lipinski definition) is 1. The van der Waals surface area contributed by atoms with Gasteiger partial charge in [0.15, 0.2) is 11.5 Å². The molecule has 3 heterocycles. The molecule has 0 unspecified atom stereocenters. The minimum absolute atomic E-state index is 0.0482. The Hall–Kier alpha value is -4.18. The lowest BCUT2D eigenvalue weighted by Gasteiger charge is -2.32. The summed E-state index contributed by atoms with van der Waals surface area (Å²) >= 11 is 0. The number of ether oxygens (including phenoxy) is 2. The van der Waals surface area contributed by atoms with E-state index in [1.165, 1.54) is 38.4 Å². The van der Waals surface area contributed by atoms with Crippen molar-refractivity contribution in [1.29, 1.82) is 0 Å². The largest absolute Gasteiger partial charge is 0.466 e. The van der Waals surface area contributed by atoms with E-state index in [4.69, 9.17) is 15.2 Å². The van der Waals surface area contributed by atoms with Crippen LogP contribution in [-0.4, -0.2) is 56.2 Å².